The minimum absolute atomic E-state index is 0.141. The molecule has 2 aliphatic heterocycles. The van der Waals surface area contributed by atoms with Crippen LogP contribution >= 0.6 is 0 Å². The van der Waals surface area contributed by atoms with E-state index in [2.05, 4.69) is 50.4 Å². The molecule has 0 aliphatic carbocycles. The Morgan fingerprint density at radius 2 is 1.58 bits per heavy atom. The van der Waals surface area contributed by atoms with Crippen molar-refractivity contribution in [1.29, 1.82) is 0 Å². The second-order valence-electron chi connectivity index (χ2n) is 12.5. The van der Waals surface area contributed by atoms with Crippen LogP contribution in [0.5, 0.6) is 11.5 Å². The van der Waals surface area contributed by atoms with E-state index in [0.29, 0.717) is 24.5 Å². The summed E-state index contributed by atoms with van der Waals surface area (Å²) < 4.78 is 19.8. The van der Waals surface area contributed by atoms with Gasteiger partial charge in [0.15, 0.2) is 17.4 Å². The molecule has 3 atom stereocenters. The number of methoxy groups -OCH3 is 2. The van der Waals surface area contributed by atoms with Crippen molar-refractivity contribution in [2.75, 3.05) is 20.8 Å². The Labute approximate surface area is 229 Å². The van der Waals surface area contributed by atoms with Gasteiger partial charge in [-0.2, -0.15) is 0 Å². The van der Waals surface area contributed by atoms with E-state index in [0.717, 1.165) is 16.7 Å². The van der Waals surface area contributed by atoms with Gasteiger partial charge in [-0.1, -0.05) is 69.6 Å². The third-order valence-electron chi connectivity index (χ3n) is 7.95. The number of fused-ring (bicyclic) bond motifs is 3. The molecule has 4 rings (SSSR count). The second kappa shape index (κ2) is 10.2. The molecule has 0 spiro atoms. The lowest BCUT2D eigenvalue weighted by atomic mass is 9.77. The zero-order valence-electron chi connectivity index (χ0n) is 24.3. The molecule has 7 nitrogen and oxygen atoms in total. The molecule has 2 aromatic rings. The lowest BCUT2D eigenvalue weighted by molar-refractivity contribution is -0.154. The first-order valence-electron chi connectivity index (χ1n) is 13.3. The molecule has 0 radical (unpaired) electrons. The van der Waals surface area contributed by atoms with Gasteiger partial charge in [-0.25, -0.2) is 0 Å². The van der Waals surface area contributed by atoms with Crippen molar-refractivity contribution in [3.63, 3.8) is 0 Å². The summed E-state index contributed by atoms with van der Waals surface area (Å²) in [4.78, 5) is 30.1. The Bertz CT molecular complexity index is 1190. The lowest BCUT2D eigenvalue weighted by Crippen LogP contribution is -2.70. The van der Waals surface area contributed by atoms with Crippen LogP contribution in [0.2, 0.25) is 39.3 Å². The number of hydrogen-bond donors (Lipinski definition) is 0. The van der Waals surface area contributed by atoms with Crippen molar-refractivity contribution in [2.24, 2.45) is 5.92 Å². The maximum Gasteiger partial charge on any atom is 0.320 e. The molecule has 1 amide bonds. The normalized spacial score (nSPS) is 23.2. The highest BCUT2D eigenvalue weighted by molar-refractivity contribution is 6.89. The summed E-state index contributed by atoms with van der Waals surface area (Å²) >= 11 is 0. The first kappa shape index (κ1) is 28.4. The largest absolute Gasteiger partial charge is 0.493 e. The first-order chi connectivity index (χ1) is 17.7. The molecular weight excluding hydrogens is 513 g/mol. The number of rotatable bonds is 8. The van der Waals surface area contributed by atoms with Crippen molar-refractivity contribution in [2.45, 2.75) is 70.8 Å². The maximum absolute atomic E-state index is 14.2. The van der Waals surface area contributed by atoms with Crippen LogP contribution in [0.15, 0.2) is 42.5 Å². The number of ether oxygens (including phenoxy) is 3. The minimum Gasteiger partial charge on any atom is -0.493 e. The van der Waals surface area contributed by atoms with Crippen molar-refractivity contribution in [3.05, 3.63) is 59.2 Å². The van der Waals surface area contributed by atoms with Crippen LogP contribution in [-0.4, -0.2) is 64.3 Å². The van der Waals surface area contributed by atoms with Gasteiger partial charge in [0.05, 0.1) is 19.8 Å². The van der Waals surface area contributed by atoms with Gasteiger partial charge in [0.1, 0.15) is 23.1 Å². The van der Waals surface area contributed by atoms with Crippen LogP contribution in [0.25, 0.3) is 0 Å². The van der Waals surface area contributed by atoms with E-state index in [1.807, 2.05) is 47.4 Å². The quantitative estimate of drug-likeness (QED) is 0.259. The Kier molecular flexibility index (Phi) is 7.59. The van der Waals surface area contributed by atoms with Crippen molar-refractivity contribution in [3.8, 4) is 11.5 Å². The maximum atomic E-state index is 14.2. The van der Waals surface area contributed by atoms with Gasteiger partial charge in [-0.3, -0.25) is 9.59 Å². The van der Waals surface area contributed by atoms with E-state index < -0.39 is 33.9 Å². The van der Waals surface area contributed by atoms with Crippen LogP contribution in [0.1, 0.15) is 23.6 Å². The van der Waals surface area contributed by atoms with Gasteiger partial charge < -0.3 is 23.3 Å². The molecule has 1 fully saturated rings. The van der Waals surface area contributed by atoms with E-state index in [1.165, 1.54) is 0 Å². The van der Waals surface area contributed by atoms with E-state index in [-0.39, 0.29) is 18.6 Å². The van der Waals surface area contributed by atoms with E-state index >= 15 is 0 Å². The molecule has 0 aromatic heterocycles. The third-order valence-corrected chi connectivity index (χ3v) is 15.4. The van der Waals surface area contributed by atoms with Crippen LogP contribution in [-0.2, 0) is 32.9 Å². The zero-order valence-corrected chi connectivity index (χ0v) is 26.3. The monoisotopic (exact) mass is 554 g/mol. The third kappa shape index (κ3) is 4.80. The smallest absolute Gasteiger partial charge is 0.320 e. The highest BCUT2D eigenvalue weighted by Gasteiger charge is 2.65. The van der Waals surface area contributed by atoms with Gasteiger partial charge in [-0.05, 0) is 42.2 Å². The molecule has 1 saturated heterocycles. The van der Waals surface area contributed by atoms with E-state index in [1.54, 1.807) is 14.2 Å². The number of esters is 1. The molecule has 0 bridgehead atoms. The molecule has 0 N–H and O–H groups in total. The molecule has 0 saturated carbocycles. The second-order valence-corrected chi connectivity index (χ2v) is 22.6. The molecular formula is C29H42N2O5Si2. The van der Waals surface area contributed by atoms with Gasteiger partial charge in [0.25, 0.3) is 0 Å². The predicted molar refractivity (Wildman–Crippen MR) is 154 cm³/mol. The fourth-order valence-corrected chi connectivity index (χ4v) is 17.3. The molecule has 2 heterocycles. The minimum atomic E-state index is -2.02. The molecule has 0 unspecified atom stereocenters. The highest BCUT2D eigenvalue weighted by Crippen LogP contribution is 2.52. The summed E-state index contributed by atoms with van der Waals surface area (Å²) in [5.41, 5.74) is 2.34. The lowest BCUT2D eigenvalue weighted by Gasteiger charge is -2.55. The van der Waals surface area contributed by atoms with Gasteiger partial charge >= 0.3 is 5.97 Å². The van der Waals surface area contributed by atoms with Crippen LogP contribution in [0, 0.1) is 5.92 Å². The Balaban J connectivity index is 1.89. The number of carbonyl (C=O) groups excluding carboxylic acids is 2. The molecule has 2 aromatic carbocycles. The van der Waals surface area contributed by atoms with Crippen LogP contribution in [0.4, 0.5) is 0 Å². The fraction of sp³-hybridized carbons (Fsp3) is 0.517. The summed E-state index contributed by atoms with van der Waals surface area (Å²) in [6.45, 7) is 16.7. The topological polar surface area (TPSA) is 68.3 Å². The van der Waals surface area contributed by atoms with Gasteiger partial charge in [0.2, 0.25) is 5.91 Å². The standard InChI is InChI=1S/C29H42N2O5Si2/c1-29-22-18-24(35-3)23(34-2)17-21(22)15-16-30(29)27(32)25(26(29)31(37(4,5)6)38(7,8)9)28(33)36-19-20-13-11-10-12-14-20/h10-14,17-18,25-26H,15-16,19H2,1-9H3/t25-,26-,29-/m0/s1. The number of carbonyl (C=O) groups is 2. The number of amides is 1. The van der Waals surface area contributed by atoms with Crippen molar-refractivity contribution in [1.82, 2.24) is 9.13 Å². The van der Waals surface area contributed by atoms with Crippen LogP contribution < -0.4 is 9.47 Å². The number of hydrogen-bond acceptors (Lipinski definition) is 6. The van der Waals surface area contributed by atoms with Crippen molar-refractivity contribution >= 4 is 28.3 Å². The van der Waals surface area contributed by atoms with Gasteiger partial charge in [-0.15, -0.1) is 0 Å². The Hall–Kier alpha value is -2.63. The summed E-state index contributed by atoms with van der Waals surface area (Å²) in [6.07, 6.45) is 0.690. The average Bonchev–Trinajstić information content (AvgIpc) is 3.07. The summed E-state index contributed by atoms with van der Waals surface area (Å²) in [7, 11) is -0.778. The zero-order chi connectivity index (χ0) is 28.0. The first-order valence-corrected chi connectivity index (χ1v) is 20.2. The molecule has 38 heavy (non-hydrogen) atoms. The summed E-state index contributed by atoms with van der Waals surface area (Å²) in [6, 6.07) is 13.3. The molecule has 9 heteroatoms. The predicted octanol–water partition coefficient (Wildman–Crippen LogP) is 5.02. The van der Waals surface area contributed by atoms with E-state index in [4.69, 9.17) is 14.2 Å². The van der Waals surface area contributed by atoms with E-state index in [9.17, 15) is 9.59 Å². The Morgan fingerprint density at radius 1 is 1.00 bits per heavy atom. The van der Waals surface area contributed by atoms with Gasteiger partial charge in [0, 0.05) is 12.6 Å². The molecule has 2 aliphatic rings. The summed E-state index contributed by atoms with van der Waals surface area (Å²) in [5.74, 6) is -0.180. The number of nitrogens with zero attached hydrogens (tertiary/aromatic N) is 2. The fourth-order valence-electron chi connectivity index (χ4n) is 6.78. The average molecular weight is 555 g/mol. The highest BCUT2D eigenvalue weighted by atomic mass is 28.4. The SMILES string of the molecule is COc1cc2c(cc1OC)[C@@]1(C)[C@@H](N([Si](C)(C)C)[Si](C)(C)C)[C@H](C(=O)OCc3ccccc3)C(=O)N1CC2. The van der Waals surface area contributed by atoms with Crippen molar-refractivity contribution < 1.29 is 23.8 Å². The summed E-state index contributed by atoms with van der Waals surface area (Å²) in [5, 5.41) is 0. The molecule has 206 valence electrons. The Morgan fingerprint density at radius 3 is 2.13 bits per heavy atom. The number of benzene rings is 2. The van der Waals surface area contributed by atoms with Crippen LogP contribution in [0.3, 0.4) is 0 Å².